The van der Waals surface area contributed by atoms with Gasteiger partial charge in [0.1, 0.15) is 0 Å². The number of primary amides is 1. The standard InChI is InChI=1S/C24H27N5O2/c1-15-18(7-6-8-19(15)21(25)30)20-13-14-26-23(28-20)27-17-11-9-16(10-12-17)22(31)29(5)24(2,3)4/h6-14H,1-5H3,(H2,25,30)(H,26,27,28). The van der Waals surface area contributed by atoms with Crippen molar-refractivity contribution in [3.8, 4) is 11.3 Å². The average molecular weight is 418 g/mol. The van der Waals surface area contributed by atoms with Crippen molar-refractivity contribution in [3.05, 3.63) is 71.4 Å². The molecule has 1 aromatic heterocycles. The maximum Gasteiger partial charge on any atom is 0.254 e. The van der Waals surface area contributed by atoms with Crippen molar-refractivity contribution in [1.82, 2.24) is 14.9 Å². The van der Waals surface area contributed by atoms with Crippen molar-refractivity contribution < 1.29 is 9.59 Å². The van der Waals surface area contributed by atoms with Crippen LogP contribution in [0.1, 0.15) is 47.1 Å². The molecule has 0 aliphatic heterocycles. The first-order valence-electron chi connectivity index (χ1n) is 9.96. The topological polar surface area (TPSA) is 101 Å². The smallest absolute Gasteiger partial charge is 0.254 e. The molecule has 1 heterocycles. The number of benzene rings is 2. The molecule has 0 spiro atoms. The molecule has 7 heteroatoms. The zero-order chi connectivity index (χ0) is 22.8. The van der Waals surface area contributed by atoms with Crippen molar-refractivity contribution in [2.24, 2.45) is 5.73 Å². The molecule has 160 valence electrons. The lowest BCUT2D eigenvalue weighted by molar-refractivity contribution is 0.0655. The van der Waals surface area contributed by atoms with Gasteiger partial charge in [0.05, 0.1) is 5.69 Å². The normalized spacial score (nSPS) is 11.1. The van der Waals surface area contributed by atoms with Gasteiger partial charge in [0.25, 0.3) is 5.91 Å². The van der Waals surface area contributed by atoms with Crippen LogP contribution in [0.15, 0.2) is 54.7 Å². The van der Waals surface area contributed by atoms with Crippen LogP contribution in [0.25, 0.3) is 11.3 Å². The predicted octanol–water partition coefficient (Wildman–Crippen LogP) is 4.17. The molecule has 31 heavy (non-hydrogen) atoms. The number of rotatable bonds is 5. The number of carbonyl (C=O) groups excluding carboxylic acids is 2. The molecule has 0 fully saturated rings. The lowest BCUT2D eigenvalue weighted by Gasteiger charge is -2.32. The van der Waals surface area contributed by atoms with Gasteiger partial charge in [0.2, 0.25) is 11.9 Å². The summed E-state index contributed by atoms with van der Waals surface area (Å²) in [4.78, 5) is 34.8. The van der Waals surface area contributed by atoms with E-state index in [1.54, 1.807) is 48.5 Å². The summed E-state index contributed by atoms with van der Waals surface area (Å²) in [6, 6.07) is 14.3. The third kappa shape index (κ3) is 4.88. The molecule has 0 bridgehead atoms. The Hall–Kier alpha value is -3.74. The Morgan fingerprint density at radius 1 is 1.03 bits per heavy atom. The van der Waals surface area contributed by atoms with Crippen molar-refractivity contribution in [1.29, 1.82) is 0 Å². The minimum absolute atomic E-state index is 0.0397. The number of aromatic nitrogens is 2. The highest BCUT2D eigenvalue weighted by molar-refractivity contribution is 5.96. The van der Waals surface area contributed by atoms with Gasteiger partial charge in [-0.05, 0) is 69.7 Å². The second kappa shape index (κ2) is 8.55. The molecule has 3 rings (SSSR count). The first kappa shape index (κ1) is 22.0. The largest absolute Gasteiger partial charge is 0.366 e. The van der Waals surface area contributed by atoms with Crippen LogP contribution in [0.2, 0.25) is 0 Å². The molecular weight excluding hydrogens is 390 g/mol. The summed E-state index contributed by atoms with van der Waals surface area (Å²) in [7, 11) is 1.79. The van der Waals surface area contributed by atoms with E-state index in [4.69, 9.17) is 5.73 Å². The molecule has 0 saturated heterocycles. The average Bonchev–Trinajstić information content (AvgIpc) is 2.72. The number of hydrogen-bond acceptors (Lipinski definition) is 5. The van der Waals surface area contributed by atoms with Crippen molar-refractivity contribution in [2.45, 2.75) is 33.2 Å². The van der Waals surface area contributed by atoms with Crippen molar-refractivity contribution >= 4 is 23.5 Å². The fourth-order valence-corrected chi connectivity index (χ4v) is 3.07. The van der Waals surface area contributed by atoms with Gasteiger partial charge in [-0.25, -0.2) is 9.97 Å². The van der Waals surface area contributed by atoms with Crippen LogP contribution in [-0.2, 0) is 0 Å². The Morgan fingerprint density at radius 2 is 1.71 bits per heavy atom. The Balaban J connectivity index is 1.82. The summed E-state index contributed by atoms with van der Waals surface area (Å²) in [6.07, 6.45) is 1.65. The fourth-order valence-electron chi connectivity index (χ4n) is 3.07. The van der Waals surface area contributed by atoms with E-state index < -0.39 is 5.91 Å². The van der Waals surface area contributed by atoms with Gasteiger partial charge >= 0.3 is 0 Å². The number of carbonyl (C=O) groups is 2. The van der Waals surface area contributed by atoms with Gasteiger partial charge in [-0.1, -0.05) is 12.1 Å². The zero-order valence-electron chi connectivity index (χ0n) is 18.4. The minimum Gasteiger partial charge on any atom is -0.366 e. The van der Waals surface area contributed by atoms with Gasteiger partial charge in [-0.2, -0.15) is 0 Å². The SMILES string of the molecule is Cc1c(C(N)=O)cccc1-c1ccnc(Nc2ccc(C(=O)N(C)C(C)(C)C)cc2)n1. The first-order chi connectivity index (χ1) is 14.6. The van der Waals surface area contributed by atoms with E-state index in [1.165, 1.54) is 0 Å². The summed E-state index contributed by atoms with van der Waals surface area (Å²) < 4.78 is 0. The molecular formula is C24H27N5O2. The number of nitrogens with zero attached hydrogens (tertiary/aromatic N) is 3. The third-order valence-electron chi connectivity index (χ3n) is 5.23. The second-order valence-electron chi connectivity index (χ2n) is 8.35. The Bertz CT molecular complexity index is 1120. The van der Waals surface area contributed by atoms with E-state index in [0.717, 1.165) is 16.8 Å². The fraction of sp³-hybridized carbons (Fsp3) is 0.250. The highest BCUT2D eigenvalue weighted by Crippen LogP contribution is 2.25. The monoisotopic (exact) mass is 417 g/mol. The zero-order valence-corrected chi connectivity index (χ0v) is 18.4. The quantitative estimate of drug-likeness (QED) is 0.649. The molecule has 0 radical (unpaired) electrons. The molecule has 0 aliphatic carbocycles. The molecule has 2 aromatic carbocycles. The van der Waals surface area contributed by atoms with Crippen LogP contribution in [-0.4, -0.2) is 39.3 Å². The molecule has 0 saturated carbocycles. The predicted molar refractivity (Wildman–Crippen MR) is 122 cm³/mol. The van der Waals surface area contributed by atoms with E-state index in [-0.39, 0.29) is 11.4 Å². The summed E-state index contributed by atoms with van der Waals surface area (Å²) in [5.41, 5.74) is 9.29. The molecule has 2 amide bonds. The summed E-state index contributed by atoms with van der Waals surface area (Å²) in [6.45, 7) is 7.82. The third-order valence-corrected chi connectivity index (χ3v) is 5.23. The number of nitrogens with two attached hydrogens (primary N) is 1. The van der Waals surface area contributed by atoms with Crippen LogP contribution in [0.5, 0.6) is 0 Å². The van der Waals surface area contributed by atoms with E-state index in [9.17, 15) is 9.59 Å². The number of anilines is 2. The molecule has 0 aliphatic rings. The van der Waals surface area contributed by atoms with Gasteiger partial charge in [0.15, 0.2) is 0 Å². The molecule has 3 N–H and O–H groups in total. The van der Waals surface area contributed by atoms with Gasteiger partial charge < -0.3 is 16.0 Å². The van der Waals surface area contributed by atoms with Gasteiger partial charge in [-0.3, -0.25) is 9.59 Å². The van der Waals surface area contributed by atoms with Crippen LogP contribution < -0.4 is 11.1 Å². The van der Waals surface area contributed by atoms with Gasteiger partial charge in [-0.15, -0.1) is 0 Å². The molecule has 0 unspecified atom stereocenters. The lowest BCUT2D eigenvalue weighted by Crippen LogP contribution is -2.42. The summed E-state index contributed by atoms with van der Waals surface area (Å²) in [5.74, 6) is -0.104. The maximum atomic E-state index is 12.6. The second-order valence-corrected chi connectivity index (χ2v) is 8.35. The van der Waals surface area contributed by atoms with Crippen LogP contribution >= 0.6 is 0 Å². The van der Waals surface area contributed by atoms with Crippen LogP contribution in [0.4, 0.5) is 11.6 Å². The van der Waals surface area contributed by atoms with E-state index in [1.807, 2.05) is 45.9 Å². The van der Waals surface area contributed by atoms with Gasteiger partial charge in [0, 0.05) is 41.2 Å². The van der Waals surface area contributed by atoms with Crippen molar-refractivity contribution in [3.63, 3.8) is 0 Å². The van der Waals surface area contributed by atoms with Crippen LogP contribution in [0.3, 0.4) is 0 Å². The molecule has 0 atom stereocenters. The number of hydrogen-bond donors (Lipinski definition) is 2. The number of amides is 2. The Kier molecular flexibility index (Phi) is 6.06. The highest BCUT2D eigenvalue weighted by atomic mass is 16.2. The highest BCUT2D eigenvalue weighted by Gasteiger charge is 2.23. The Morgan fingerprint density at radius 3 is 2.32 bits per heavy atom. The summed E-state index contributed by atoms with van der Waals surface area (Å²) in [5, 5.41) is 3.16. The lowest BCUT2D eigenvalue weighted by atomic mass is 9.99. The van der Waals surface area contributed by atoms with Crippen molar-refractivity contribution in [2.75, 3.05) is 12.4 Å². The number of nitrogens with one attached hydrogen (secondary N) is 1. The van der Waals surface area contributed by atoms with E-state index >= 15 is 0 Å². The van der Waals surface area contributed by atoms with Crippen LogP contribution in [0, 0.1) is 6.92 Å². The first-order valence-corrected chi connectivity index (χ1v) is 9.96. The van der Waals surface area contributed by atoms with E-state index in [2.05, 4.69) is 15.3 Å². The Labute approximate surface area is 182 Å². The molecule has 3 aromatic rings. The minimum atomic E-state index is -0.474. The molecule has 7 nitrogen and oxygen atoms in total. The van der Waals surface area contributed by atoms with E-state index in [0.29, 0.717) is 22.8 Å². The summed E-state index contributed by atoms with van der Waals surface area (Å²) >= 11 is 0. The maximum absolute atomic E-state index is 12.6.